The molecule has 0 bridgehead atoms. The lowest BCUT2D eigenvalue weighted by atomic mass is 10.0. The lowest BCUT2D eigenvalue weighted by molar-refractivity contribution is 0.178. The van der Waals surface area contributed by atoms with Crippen molar-refractivity contribution < 1.29 is 18.3 Å². The molecule has 0 aromatic carbocycles. The van der Waals surface area contributed by atoms with Crippen LogP contribution in [0, 0.1) is 0 Å². The second-order valence-electron chi connectivity index (χ2n) is 5.80. The maximum Gasteiger partial charge on any atom is 0.242 e. The Labute approximate surface area is 119 Å². The molecule has 0 spiro atoms. The van der Waals surface area contributed by atoms with Crippen LogP contribution in [0.2, 0.25) is 0 Å². The van der Waals surface area contributed by atoms with E-state index in [0.29, 0.717) is 25.3 Å². The van der Waals surface area contributed by atoms with Gasteiger partial charge in [0.05, 0.1) is 18.8 Å². The van der Waals surface area contributed by atoms with Crippen molar-refractivity contribution >= 4 is 10.0 Å². The van der Waals surface area contributed by atoms with Crippen molar-refractivity contribution in [3.8, 4) is 0 Å². The number of aliphatic hydroxyl groups is 1. The first kappa shape index (κ1) is 15.5. The van der Waals surface area contributed by atoms with Gasteiger partial charge in [-0.1, -0.05) is 0 Å². The standard InChI is InChI=1S/C13H22N2O4S/c1-10(2)15-7-12(6-11(15)8-16)20(17,18)14-13(3)4-5-19-9-13/h6-7,10,14,16H,4-5,8-9H2,1-3H3. The first-order chi connectivity index (χ1) is 9.27. The fourth-order valence-electron chi connectivity index (χ4n) is 2.38. The molecule has 114 valence electrons. The highest BCUT2D eigenvalue weighted by Gasteiger charge is 2.35. The topological polar surface area (TPSA) is 80.6 Å². The minimum atomic E-state index is -3.61. The van der Waals surface area contributed by atoms with Crippen LogP contribution < -0.4 is 4.72 Å². The molecule has 20 heavy (non-hydrogen) atoms. The van der Waals surface area contributed by atoms with Gasteiger partial charge in [0.25, 0.3) is 0 Å². The van der Waals surface area contributed by atoms with E-state index in [9.17, 15) is 13.5 Å². The molecule has 1 fully saturated rings. The summed E-state index contributed by atoms with van der Waals surface area (Å²) in [6.45, 7) is 6.47. The third-order valence-corrected chi connectivity index (χ3v) is 5.14. The van der Waals surface area contributed by atoms with Crippen LogP contribution in [0.1, 0.15) is 38.9 Å². The maximum absolute atomic E-state index is 12.4. The van der Waals surface area contributed by atoms with Crippen LogP contribution in [-0.4, -0.2) is 36.8 Å². The molecule has 1 atom stereocenters. The zero-order chi connectivity index (χ0) is 15.0. The van der Waals surface area contributed by atoms with Gasteiger partial charge in [0.1, 0.15) is 4.90 Å². The van der Waals surface area contributed by atoms with Gasteiger partial charge < -0.3 is 14.4 Å². The molecule has 1 aromatic rings. The number of hydrogen-bond acceptors (Lipinski definition) is 4. The van der Waals surface area contributed by atoms with Crippen LogP contribution in [0.25, 0.3) is 0 Å². The number of nitrogens with zero attached hydrogens (tertiary/aromatic N) is 1. The monoisotopic (exact) mass is 302 g/mol. The van der Waals surface area contributed by atoms with Gasteiger partial charge in [0, 0.05) is 24.5 Å². The molecule has 2 N–H and O–H groups in total. The van der Waals surface area contributed by atoms with Crippen LogP contribution in [-0.2, 0) is 21.4 Å². The molecule has 1 saturated heterocycles. The Kier molecular flexibility index (Phi) is 4.24. The molecule has 1 aliphatic heterocycles. The van der Waals surface area contributed by atoms with Crippen molar-refractivity contribution in [2.45, 2.75) is 50.3 Å². The Morgan fingerprint density at radius 3 is 2.70 bits per heavy atom. The van der Waals surface area contributed by atoms with Gasteiger partial charge in [-0.3, -0.25) is 0 Å². The summed E-state index contributed by atoms with van der Waals surface area (Å²) in [6, 6.07) is 1.60. The molecule has 2 heterocycles. The van der Waals surface area contributed by atoms with E-state index < -0.39 is 15.6 Å². The number of rotatable bonds is 5. The molecule has 1 unspecified atom stereocenters. The molecular formula is C13H22N2O4S. The van der Waals surface area contributed by atoms with Gasteiger partial charge in [-0.05, 0) is 33.3 Å². The highest BCUT2D eigenvalue weighted by Crippen LogP contribution is 2.23. The van der Waals surface area contributed by atoms with Crippen LogP contribution in [0.3, 0.4) is 0 Å². The average Bonchev–Trinajstić information content (AvgIpc) is 2.94. The Bertz CT molecular complexity index is 571. The molecule has 2 rings (SSSR count). The molecule has 0 amide bonds. The lowest BCUT2D eigenvalue weighted by Gasteiger charge is -2.22. The van der Waals surface area contributed by atoms with Crippen molar-refractivity contribution in [2.24, 2.45) is 0 Å². The minimum Gasteiger partial charge on any atom is -0.390 e. The third-order valence-electron chi connectivity index (χ3n) is 3.54. The molecule has 0 aliphatic carbocycles. The zero-order valence-electron chi connectivity index (χ0n) is 12.1. The normalized spacial score (nSPS) is 23.6. The predicted octanol–water partition coefficient (Wildman–Crippen LogP) is 1.02. The quantitative estimate of drug-likeness (QED) is 0.851. The number of ether oxygens (including phenoxy) is 1. The van der Waals surface area contributed by atoms with Crippen molar-refractivity contribution in [1.29, 1.82) is 0 Å². The van der Waals surface area contributed by atoms with Gasteiger partial charge >= 0.3 is 0 Å². The van der Waals surface area contributed by atoms with Gasteiger partial charge in [-0.25, -0.2) is 13.1 Å². The van der Waals surface area contributed by atoms with Crippen molar-refractivity contribution in [1.82, 2.24) is 9.29 Å². The Morgan fingerprint density at radius 2 is 2.25 bits per heavy atom. The Balaban J connectivity index is 2.30. The highest BCUT2D eigenvalue weighted by molar-refractivity contribution is 7.89. The number of sulfonamides is 1. The molecule has 6 nitrogen and oxygen atoms in total. The number of aliphatic hydroxyl groups excluding tert-OH is 1. The van der Waals surface area contributed by atoms with E-state index in [4.69, 9.17) is 4.74 Å². The van der Waals surface area contributed by atoms with Crippen LogP contribution >= 0.6 is 0 Å². The molecule has 7 heteroatoms. The van der Waals surface area contributed by atoms with Crippen molar-refractivity contribution in [2.75, 3.05) is 13.2 Å². The fourth-order valence-corrected chi connectivity index (χ4v) is 3.85. The molecular weight excluding hydrogens is 280 g/mol. The summed E-state index contributed by atoms with van der Waals surface area (Å²) in [5.41, 5.74) is 0.0335. The summed E-state index contributed by atoms with van der Waals surface area (Å²) < 4.78 is 34.6. The highest BCUT2D eigenvalue weighted by atomic mass is 32.2. The predicted molar refractivity (Wildman–Crippen MR) is 74.9 cm³/mol. The van der Waals surface area contributed by atoms with E-state index in [1.165, 1.54) is 6.07 Å². The van der Waals surface area contributed by atoms with Crippen molar-refractivity contribution in [3.63, 3.8) is 0 Å². The molecule has 0 saturated carbocycles. The van der Waals surface area contributed by atoms with Gasteiger partial charge in [-0.15, -0.1) is 0 Å². The first-order valence-electron chi connectivity index (χ1n) is 6.71. The summed E-state index contributed by atoms with van der Waals surface area (Å²) in [7, 11) is -3.61. The van der Waals surface area contributed by atoms with Crippen LogP contribution in [0.4, 0.5) is 0 Å². The van der Waals surface area contributed by atoms with Gasteiger partial charge in [0.15, 0.2) is 0 Å². The van der Waals surface area contributed by atoms with Crippen molar-refractivity contribution in [3.05, 3.63) is 18.0 Å². The smallest absolute Gasteiger partial charge is 0.242 e. The number of aromatic nitrogens is 1. The summed E-state index contributed by atoms with van der Waals surface area (Å²) in [5, 5.41) is 9.33. The Hall–Kier alpha value is -0.890. The SMILES string of the molecule is CC(C)n1cc(S(=O)(=O)NC2(C)CCOC2)cc1CO. The number of nitrogens with one attached hydrogen (secondary N) is 1. The third kappa shape index (κ3) is 3.06. The van der Waals surface area contributed by atoms with E-state index in [1.807, 2.05) is 20.8 Å². The van der Waals surface area contributed by atoms with E-state index in [2.05, 4.69) is 4.72 Å². The van der Waals surface area contributed by atoms with Crippen LogP contribution in [0.15, 0.2) is 17.2 Å². The lowest BCUT2D eigenvalue weighted by Crippen LogP contribution is -2.46. The largest absolute Gasteiger partial charge is 0.390 e. The van der Waals surface area contributed by atoms with Gasteiger partial charge in [-0.2, -0.15) is 0 Å². The average molecular weight is 302 g/mol. The maximum atomic E-state index is 12.4. The van der Waals surface area contributed by atoms with Gasteiger partial charge in [0.2, 0.25) is 10.0 Å². The second kappa shape index (κ2) is 5.48. The number of hydrogen-bond donors (Lipinski definition) is 2. The second-order valence-corrected chi connectivity index (χ2v) is 7.48. The minimum absolute atomic E-state index is 0.0894. The van der Waals surface area contributed by atoms with E-state index in [1.54, 1.807) is 10.8 Å². The van der Waals surface area contributed by atoms with E-state index in [-0.39, 0.29) is 17.5 Å². The van der Waals surface area contributed by atoms with E-state index >= 15 is 0 Å². The van der Waals surface area contributed by atoms with E-state index in [0.717, 1.165) is 0 Å². The Morgan fingerprint density at radius 1 is 1.55 bits per heavy atom. The fraction of sp³-hybridized carbons (Fsp3) is 0.692. The molecule has 1 aromatic heterocycles. The summed E-state index contributed by atoms with van der Waals surface area (Å²) in [5.74, 6) is 0. The summed E-state index contributed by atoms with van der Waals surface area (Å²) >= 11 is 0. The molecule has 0 radical (unpaired) electrons. The zero-order valence-corrected chi connectivity index (χ0v) is 12.9. The summed E-state index contributed by atoms with van der Waals surface area (Å²) in [4.78, 5) is 0.184. The molecule has 1 aliphatic rings. The van der Waals surface area contributed by atoms with Crippen LogP contribution in [0.5, 0.6) is 0 Å². The first-order valence-corrected chi connectivity index (χ1v) is 8.19. The summed E-state index contributed by atoms with van der Waals surface area (Å²) in [6.07, 6.45) is 2.22.